The van der Waals surface area contributed by atoms with Crippen LogP contribution in [-0.4, -0.2) is 41.2 Å². The summed E-state index contributed by atoms with van der Waals surface area (Å²) in [5.41, 5.74) is 1.17. The summed E-state index contributed by atoms with van der Waals surface area (Å²) in [7, 11) is 0. The lowest BCUT2D eigenvalue weighted by molar-refractivity contribution is 0.0691. The van der Waals surface area contributed by atoms with Gasteiger partial charge in [0.2, 0.25) is 0 Å². The number of rotatable bonds is 5. The molecule has 0 radical (unpaired) electrons. The number of benzene rings is 2. The molecule has 1 saturated heterocycles. The van der Waals surface area contributed by atoms with Crippen LogP contribution in [0, 0.1) is 11.7 Å². The number of likely N-dealkylation sites (tertiary alicyclic amines) is 1. The van der Waals surface area contributed by atoms with Gasteiger partial charge in [-0.25, -0.2) is 9.18 Å². The molecule has 3 rings (SSSR count). The van der Waals surface area contributed by atoms with E-state index < -0.39 is 11.8 Å². The van der Waals surface area contributed by atoms with Crippen LogP contribution in [0.5, 0.6) is 0 Å². The van der Waals surface area contributed by atoms with Gasteiger partial charge < -0.3 is 10.0 Å². The summed E-state index contributed by atoms with van der Waals surface area (Å²) < 4.78 is 13.5. The van der Waals surface area contributed by atoms with Crippen LogP contribution in [0.3, 0.4) is 0 Å². The van der Waals surface area contributed by atoms with Crippen LogP contribution >= 0.6 is 11.8 Å². The van der Waals surface area contributed by atoms with Crippen molar-refractivity contribution in [2.75, 3.05) is 19.3 Å². The minimum absolute atomic E-state index is 0.0220. The fraction of sp³-hybridized carbons (Fsp3) is 0.300. The van der Waals surface area contributed by atoms with E-state index in [1.807, 2.05) is 35.4 Å². The Bertz CT molecular complexity index is 840. The zero-order valence-corrected chi connectivity index (χ0v) is 15.3. The molecule has 1 atom stereocenters. The van der Waals surface area contributed by atoms with Crippen LogP contribution in [-0.2, 0) is 6.42 Å². The van der Waals surface area contributed by atoms with Gasteiger partial charge in [0.05, 0.1) is 5.56 Å². The number of carboxylic acid groups (broad SMARTS) is 1. The first-order valence-electron chi connectivity index (χ1n) is 8.43. The largest absolute Gasteiger partial charge is 0.478 e. The van der Waals surface area contributed by atoms with Crippen molar-refractivity contribution in [1.82, 2.24) is 4.90 Å². The van der Waals surface area contributed by atoms with E-state index in [2.05, 4.69) is 0 Å². The molecule has 0 aliphatic carbocycles. The second kappa shape index (κ2) is 7.91. The molecule has 0 saturated carbocycles. The fourth-order valence-corrected chi connectivity index (χ4v) is 3.78. The number of thioether (sulfide) groups is 1. The molecule has 1 unspecified atom stereocenters. The van der Waals surface area contributed by atoms with E-state index in [1.165, 1.54) is 12.1 Å². The maximum atomic E-state index is 13.5. The van der Waals surface area contributed by atoms with Gasteiger partial charge in [0, 0.05) is 23.5 Å². The van der Waals surface area contributed by atoms with Crippen molar-refractivity contribution in [3.8, 4) is 0 Å². The molecule has 136 valence electrons. The van der Waals surface area contributed by atoms with E-state index in [4.69, 9.17) is 5.11 Å². The minimum Gasteiger partial charge on any atom is -0.478 e. The predicted octanol–water partition coefficient (Wildman–Crippen LogP) is 3.95. The van der Waals surface area contributed by atoms with Gasteiger partial charge in [-0.1, -0.05) is 12.1 Å². The number of aromatic carboxylic acids is 1. The van der Waals surface area contributed by atoms with Crippen molar-refractivity contribution in [2.45, 2.75) is 17.7 Å². The first kappa shape index (κ1) is 18.5. The number of hydrogen-bond donors (Lipinski definition) is 1. The first-order valence-corrected chi connectivity index (χ1v) is 9.65. The molecular weight excluding hydrogens is 353 g/mol. The highest BCUT2D eigenvalue weighted by Crippen LogP contribution is 2.24. The molecule has 0 aromatic heterocycles. The number of carbonyl (C=O) groups excluding carboxylic acids is 1. The second-order valence-corrected chi connectivity index (χ2v) is 7.34. The molecule has 1 N–H and O–H groups in total. The molecule has 2 aromatic carbocycles. The van der Waals surface area contributed by atoms with E-state index in [9.17, 15) is 14.0 Å². The van der Waals surface area contributed by atoms with Crippen LogP contribution in [0.4, 0.5) is 4.39 Å². The number of nitrogens with zero attached hydrogens (tertiary/aromatic N) is 1. The Morgan fingerprint density at radius 2 is 2.08 bits per heavy atom. The van der Waals surface area contributed by atoms with Gasteiger partial charge in [-0.15, -0.1) is 11.8 Å². The van der Waals surface area contributed by atoms with Gasteiger partial charge in [0.1, 0.15) is 5.82 Å². The Hall–Kier alpha value is -2.34. The summed E-state index contributed by atoms with van der Waals surface area (Å²) in [5, 5.41) is 9.04. The lowest BCUT2D eigenvalue weighted by atomic mass is 9.97. The van der Waals surface area contributed by atoms with E-state index in [0.29, 0.717) is 25.1 Å². The maximum Gasteiger partial charge on any atom is 0.338 e. The van der Waals surface area contributed by atoms with Crippen molar-refractivity contribution in [2.24, 2.45) is 5.92 Å². The van der Waals surface area contributed by atoms with Crippen molar-refractivity contribution in [3.63, 3.8) is 0 Å². The summed E-state index contributed by atoms with van der Waals surface area (Å²) in [6.45, 7) is 1.31. The monoisotopic (exact) mass is 373 g/mol. The lowest BCUT2D eigenvalue weighted by Crippen LogP contribution is -2.29. The minimum atomic E-state index is -1.26. The third-order valence-electron chi connectivity index (χ3n) is 4.68. The van der Waals surface area contributed by atoms with Crippen LogP contribution in [0.25, 0.3) is 0 Å². The molecule has 4 nitrogen and oxygen atoms in total. The highest BCUT2D eigenvalue weighted by atomic mass is 32.2. The van der Waals surface area contributed by atoms with Gasteiger partial charge in [-0.2, -0.15) is 0 Å². The number of halogens is 1. The van der Waals surface area contributed by atoms with E-state index in [1.54, 1.807) is 17.8 Å². The number of amides is 1. The predicted molar refractivity (Wildman–Crippen MR) is 99.3 cm³/mol. The molecule has 1 fully saturated rings. The van der Waals surface area contributed by atoms with Crippen LogP contribution in [0.15, 0.2) is 47.4 Å². The third-order valence-corrected chi connectivity index (χ3v) is 5.40. The average Bonchev–Trinajstić information content (AvgIpc) is 3.11. The number of carbonyl (C=O) groups is 2. The van der Waals surface area contributed by atoms with Crippen LogP contribution in [0.2, 0.25) is 0 Å². The Morgan fingerprint density at radius 1 is 1.27 bits per heavy atom. The molecular formula is C20H20FNO3S. The maximum absolute atomic E-state index is 13.5. The Morgan fingerprint density at radius 3 is 2.81 bits per heavy atom. The van der Waals surface area contributed by atoms with Crippen LogP contribution in [0.1, 0.15) is 32.7 Å². The fourth-order valence-electron chi connectivity index (χ4n) is 3.32. The molecule has 6 heteroatoms. The quantitative estimate of drug-likeness (QED) is 0.807. The van der Waals surface area contributed by atoms with Crippen molar-refractivity contribution >= 4 is 23.6 Å². The highest BCUT2D eigenvalue weighted by molar-refractivity contribution is 7.98. The topological polar surface area (TPSA) is 57.6 Å². The standard InChI is InChI=1S/C20H20FNO3S/c1-26-16-4-2-3-15(11-16)19(23)22-8-7-14(12-22)9-13-5-6-18(21)17(10-13)20(24)25/h2-6,10-11,14H,7-9,12H2,1H3,(H,24,25). The molecule has 1 aliphatic heterocycles. The Kier molecular flexibility index (Phi) is 5.61. The zero-order chi connectivity index (χ0) is 18.7. The molecule has 1 amide bonds. The summed E-state index contributed by atoms with van der Waals surface area (Å²) in [4.78, 5) is 26.7. The number of hydrogen-bond acceptors (Lipinski definition) is 3. The smallest absolute Gasteiger partial charge is 0.338 e. The van der Waals surface area contributed by atoms with Gasteiger partial charge >= 0.3 is 5.97 Å². The molecule has 0 bridgehead atoms. The molecule has 1 aliphatic rings. The van der Waals surface area contributed by atoms with E-state index >= 15 is 0 Å². The van der Waals surface area contributed by atoms with E-state index in [0.717, 1.165) is 16.9 Å². The lowest BCUT2D eigenvalue weighted by Gasteiger charge is -2.17. The van der Waals surface area contributed by atoms with E-state index in [-0.39, 0.29) is 17.4 Å². The normalized spacial score (nSPS) is 16.7. The van der Waals surface area contributed by atoms with Gasteiger partial charge in [-0.05, 0) is 60.9 Å². The Labute approximate surface area is 156 Å². The summed E-state index contributed by atoms with van der Waals surface area (Å²) in [6.07, 6.45) is 3.46. The van der Waals surface area contributed by atoms with Crippen molar-refractivity contribution < 1.29 is 19.1 Å². The van der Waals surface area contributed by atoms with Crippen molar-refractivity contribution in [3.05, 3.63) is 65.0 Å². The van der Waals surface area contributed by atoms with Gasteiger partial charge in [-0.3, -0.25) is 4.79 Å². The SMILES string of the molecule is CSc1cccc(C(=O)N2CCC(Cc3ccc(F)c(C(=O)O)c3)C2)c1. The highest BCUT2D eigenvalue weighted by Gasteiger charge is 2.27. The van der Waals surface area contributed by atoms with Crippen molar-refractivity contribution in [1.29, 1.82) is 0 Å². The molecule has 2 aromatic rings. The van der Waals surface area contributed by atoms with Gasteiger partial charge in [0.25, 0.3) is 5.91 Å². The van der Waals surface area contributed by atoms with Gasteiger partial charge in [0.15, 0.2) is 0 Å². The summed E-state index contributed by atoms with van der Waals surface area (Å²) >= 11 is 1.60. The molecule has 0 spiro atoms. The molecule has 1 heterocycles. The summed E-state index contributed by atoms with van der Waals surface area (Å²) in [6, 6.07) is 11.8. The zero-order valence-electron chi connectivity index (χ0n) is 14.4. The van der Waals surface area contributed by atoms with Crippen LogP contribution < -0.4 is 0 Å². The molecule has 26 heavy (non-hydrogen) atoms. The summed E-state index contributed by atoms with van der Waals surface area (Å²) in [5.74, 6) is -1.72. The average molecular weight is 373 g/mol. The first-order chi connectivity index (χ1) is 12.5. The Balaban J connectivity index is 1.66. The third kappa shape index (κ3) is 4.07. The second-order valence-electron chi connectivity index (χ2n) is 6.46. The number of carboxylic acids is 1.